The van der Waals surface area contributed by atoms with Gasteiger partial charge in [-0.25, -0.2) is 4.39 Å². The van der Waals surface area contributed by atoms with Gasteiger partial charge in [-0.15, -0.1) is 10.2 Å². The lowest BCUT2D eigenvalue weighted by Gasteiger charge is -2.33. The van der Waals surface area contributed by atoms with E-state index in [1.54, 1.807) is 12.1 Å². The highest BCUT2D eigenvalue weighted by atomic mass is 19.1. The van der Waals surface area contributed by atoms with Gasteiger partial charge in [-0.2, -0.15) is 4.98 Å². The Morgan fingerprint density at radius 2 is 1.90 bits per heavy atom. The minimum Gasteiger partial charge on any atom is -0.419 e. The minimum absolute atomic E-state index is 0.0293. The Morgan fingerprint density at radius 1 is 1.06 bits per heavy atom. The molecule has 0 spiro atoms. The van der Waals surface area contributed by atoms with Crippen molar-refractivity contribution >= 4 is 0 Å². The molecule has 4 aromatic rings. The number of benzene rings is 2. The molecule has 0 aliphatic carbocycles. The smallest absolute Gasteiger partial charge is 0.247 e. The Labute approximate surface area is 178 Å². The lowest BCUT2D eigenvalue weighted by Crippen LogP contribution is -2.36. The standard InChI is InChI=1S/C23H22FN5O2/c1-15(21-26-27-23(30-21)16-7-3-2-4-8-16)29-12-6-10-18(14-29)22-25-20(28-31-22)17-9-5-11-19(24)13-17/h2-5,7-9,11,13,15,18H,6,10,12,14H2,1H3. The summed E-state index contributed by atoms with van der Waals surface area (Å²) in [6.45, 7) is 3.73. The summed E-state index contributed by atoms with van der Waals surface area (Å²) < 4.78 is 25.0. The summed E-state index contributed by atoms with van der Waals surface area (Å²) in [5.41, 5.74) is 1.51. The van der Waals surface area contributed by atoms with E-state index in [4.69, 9.17) is 8.94 Å². The number of nitrogens with zero attached hydrogens (tertiary/aromatic N) is 5. The second-order valence-corrected chi connectivity index (χ2v) is 7.79. The van der Waals surface area contributed by atoms with Crippen molar-refractivity contribution in [1.29, 1.82) is 0 Å². The molecule has 0 bridgehead atoms. The topological polar surface area (TPSA) is 81.1 Å². The molecule has 1 aliphatic heterocycles. The summed E-state index contributed by atoms with van der Waals surface area (Å²) in [6.07, 6.45) is 1.94. The Morgan fingerprint density at radius 3 is 2.74 bits per heavy atom. The fraction of sp³-hybridized carbons (Fsp3) is 0.304. The summed E-state index contributed by atoms with van der Waals surface area (Å²) in [5.74, 6) is 1.87. The van der Waals surface area contributed by atoms with Crippen LogP contribution in [0.1, 0.15) is 43.5 Å². The van der Waals surface area contributed by atoms with Crippen molar-refractivity contribution in [2.75, 3.05) is 13.1 Å². The predicted octanol–water partition coefficient (Wildman–Crippen LogP) is 4.87. The van der Waals surface area contributed by atoms with Crippen molar-refractivity contribution in [3.8, 4) is 22.8 Å². The number of rotatable bonds is 5. The number of hydrogen-bond donors (Lipinski definition) is 0. The molecule has 0 saturated carbocycles. The predicted molar refractivity (Wildman–Crippen MR) is 111 cm³/mol. The molecule has 2 unspecified atom stereocenters. The molecule has 5 rings (SSSR count). The SMILES string of the molecule is CC(c1nnc(-c2ccccc2)o1)N1CCCC(c2nc(-c3cccc(F)c3)no2)C1. The molecular weight excluding hydrogens is 397 g/mol. The minimum atomic E-state index is -0.323. The first-order valence-corrected chi connectivity index (χ1v) is 10.4. The summed E-state index contributed by atoms with van der Waals surface area (Å²) in [7, 11) is 0. The van der Waals surface area contributed by atoms with Gasteiger partial charge in [0.25, 0.3) is 0 Å². The molecule has 3 heterocycles. The van der Waals surface area contributed by atoms with Gasteiger partial charge in [-0.1, -0.05) is 35.5 Å². The largest absolute Gasteiger partial charge is 0.419 e. The van der Waals surface area contributed by atoms with Crippen molar-refractivity contribution in [1.82, 2.24) is 25.2 Å². The average Bonchev–Trinajstić information content (AvgIpc) is 3.50. The Balaban J connectivity index is 1.30. The molecule has 8 heteroatoms. The van der Waals surface area contributed by atoms with Crippen LogP contribution >= 0.6 is 0 Å². The van der Waals surface area contributed by atoms with Crippen LogP contribution in [0.2, 0.25) is 0 Å². The molecule has 2 aromatic carbocycles. The third-order valence-corrected chi connectivity index (χ3v) is 5.69. The summed E-state index contributed by atoms with van der Waals surface area (Å²) in [6, 6.07) is 15.9. The monoisotopic (exact) mass is 419 g/mol. The van der Waals surface area contributed by atoms with E-state index in [0.29, 0.717) is 29.1 Å². The molecule has 158 valence electrons. The first kappa shape index (κ1) is 19.6. The molecule has 1 aliphatic rings. The molecule has 0 amide bonds. The van der Waals surface area contributed by atoms with Gasteiger partial charge < -0.3 is 8.94 Å². The maximum absolute atomic E-state index is 13.5. The third-order valence-electron chi connectivity index (χ3n) is 5.69. The summed E-state index contributed by atoms with van der Waals surface area (Å²) >= 11 is 0. The first-order chi connectivity index (χ1) is 15.2. The quantitative estimate of drug-likeness (QED) is 0.457. The van der Waals surface area contributed by atoms with Gasteiger partial charge in [-0.05, 0) is 50.6 Å². The van der Waals surface area contributed by atoms with Crippen LogP contribution in [-0.4, -0.2) is 38.3 Å². The van der Waals surface area contributed by atoms with E-state index in [1.807, 2.05) is 30.3 Å². The van der Waals surface area contributed by atoms with E-state index in [1.165, 1.54) is 12.1 Å². The Hall–Kier alpha value is -3.39. The molecule has 1 saturated heterocycles. The van der Waals surface area contributed by atoms with Gasteiger partial charge in [0.15, 0.2) is 0 Å². The van der Waals surface area contributed by atoms with Gasteiger partial charge in [0.05, 0.1) is 12.0 Å². The zero-order chi connectivity index (χ0) is 21.2. The Bertz CT molecular complexity index is 1160. The first-order valence-electron chi connectivity index (χ1n) is 10.4. The molecular formula is C23H22FN5O2. The van der Waals surface area contributed by atoms with Crippen LogP contribution in [-0.2, 0) is 0 Å². The van der Waals surface area contributed by atoms with Crippen LogP contribution in [0.25, 0.3) is 22.8 Å². The van der Waals surface area contributed by atoms with Crippen molar-refractivity contribution < 1.29 is 13.3 Å². The van der Waals surface area contributed by atoms with Crippen molar-refractivity contribution in [3.63, 3.8) is 0 Å². The van der Waals surface area contributed by atoms with E-state index >= 15 is 0 Å². The van der Waals surface area contributed by atoms with Gasteiger partial charge >= 0.3 is 0 Å². The normalized spacial score (nSPS) is 18.2. The molecule has 7 nitrogen and oxygen atoms in total. The van der Waals surface area contributed by atoms with Crippen LogP contribution in [0.15, 0.2) is 63.5 Å². The molecule has 2 aromatic heterocycles. The van der Waals surface area contributed by atoms with Gasteiger partial charge in [0.1, 0.15) is 5.82 Å². The lowest BCUT2D eigenvalue weighted by atomic mass is 9.96. The molecule has 0 N–H and O–H groups in total. The maximum atomic E-state index is 13.5. The number of aromatic nitrogens is 4. The average molecular weight is 419 g/mol. The fourth-order valence-electron chi connectivity index (χ4n) is 3.96. The number of piperidine rings is 1. The maximum Gasteiger partial charge on any atom is 0.247 e. The number of halogens is 1. The molecule has 0 radical (unpaired) electrons. The highest BCUT2D eigenvalue weighted by molar-refractivity contribution is 5.54. The summed E-state index contributed by atoms with van der Waals surface area (Å²) in [5, 5.41) is 12.5. The molecule has 2 atom stereocenters. The fourth-order valence-corrected chi connectivity index (χ4v) is 3.96. The van der Waals surface area contributed by atoms with Crippen LogP contribution in [0, 0.1) is 5.82 Å². The van der Waals surface area contributed by atoms with Gasteiger partial charge in [0.2, 0.25) is 23.5 Å². The van der Waals surface area contributed by atoms with E-state index in [0.717, 1.165) is 31.5 Å². The number of hydrogen-bond acceptors (Lipinski definition) is 7. The molecule has 31 heavy (non-hydrogen) atoms. The zero-order valence-corrected chi connectivity index (χ0v) is 17.1. The van der Waals surface area contributed by atoms with Crippen LogP contribution in [0.3, 0.4) is 0 Å². The second-order valence-electron chi connectivity index (χ2n) is 7.79. The zero-order valence-electron chi connectivity index (χ0n) is 17.1. The summed E-state index contributed by atoms with van der Waals surface area (Å²) in [4.78, 5) is 6.83. The van der Waals surface area contributed by atoms with E-state index in [-0.39, 0.29) is 17.8 Å². The molecule has 1 fully saturated rings. The van der Waals surface area contributed by atoms with E-state index < -0.39 is 0 Å². The number of likely N-dealkylation sites (tertiary alicyclic amines) is 1. The highest BCUT2D eigenvalue weighted by Gasteiger charge is 2.31. The van der Waals surface area contributed by atoms with Crippen LogP contribution in [0.4, 0.5) is 4.39 Å². The second kappa shape index (κ2) is 8.39. The third kappa shape index (κ3) is 4.11. The van der Waals surface area contributed by atoms with Crippen molar-refractivity contribution in [3.05, 3.63) is 72.2 Å². The van der Waals surface area contributed by atoms with Crippen LogP contribution in [0.5, 0.6) is 0 Å². The van der Waals surface area contributed by atoms with E-state index in [2.05, 4.69) is 32.2 Å². The van der Waals surface area contributed by atoms with Crippen LogP contribution < -0.4 is 0 Å². The van der Waals surface area contributed by atoms with Gasteiger partial charge in [0, 0.05) is 17.7 Å². The van der Waals surface area contributed by atoms with E-state index in [9.17, 15) is 4.39 Å². The van der Waals surface area contributed by atoms with Gasteiger partial charge in [-0.3, -0.25) is 4.90 Å². The lowest BCUT2D eigenvalue weighted by molar-refractivity contribution is 0.128. The highest BCUT2D eigenvalue weighted by Crippen LogP contribution is 2.32. The Kier molecular flexibility index (Phi) is 5.30. The van der Waals surface area contributed by atoms with Crippen molar-refractivity contribution in [2.45, 2.75) is 31.7 Å². The van der Waals surface area contributed by atoms with Crippen molar-refractivity contribution in [2.24, 2.45) is 0 Å².